The van der Waals surface area contributed by atoms with Crippen LogP contribution < -0.4 is 4.90 Å². The van der Waals surface area contributed by atoms with Crippen molar-refractivity contribution in [2.24, 2.45) is 0 Å². The van der Waals surface area contributed by atoms with E-state index in [1.807, 2.05) is 18.2 Å². The number of anilines is 1. The summed E-state index contributed by atoms with van der Waals surface area (Å²) in [5.41, 5.74) is 1.85. The van der Waals surface area contributed by atoms with Gasteiger partial charge in [-0.25, -0.2) is 9.48 Å². The molecule has 25 heavy (non-hydrogen) atoms. The van der Waals surface area contributed by atoms with Crippen molar-refractivity contribution >= 4 is 45.8 Å². The van der Waals surface area contributed by atoms with Crippen LogP contribution in [0.2, 0.25) is 10.0 Å². The van der Waals surface area contributed by atoms with Crippen LogP contribution in [0.3, 0.4) is 0 Å². The molecule has 2 aromatic carbocycles. The van der Waals surface area contributed by atoms with Crippen LogP contribution in [0.4, 0.5) is 5.69 Å². The van der Waals surface area contributed by atoms with E-state index in [9.17, 15) is 5.11 Å². The zero-order valence-corrected chi connectivity index (χ0v) is 16.2. The number of β-amino-alcohol motifs (C(OH)–C–C–N with tert-alkyl or cyclic N) is 1. The maximum Gasteiger partial charge on any atom is 0.316 e. The number of amidine groups is 1. The highest BCUT2D eigenvalue weighted by Crippen LogP contribution is 2.41. The van der Waals surface area contributed by atoms with Crippen molar-refractivity contribution in [3.63, 3.8) is 0 Å². The third-order valence-electron chi connectivity index (χ3n) is 4.81. The quantitative estimate of drug-likeness (QED) is 0.762. The summed E-state index contributed by atoms with van der Waals surface area (Å²) < 4.78 is 2.09. The Morgan fingerprint density at radius 2 is 2.00 bits per heavy atom. The third-order valence-corrected chi connectivity index (χ3v) is 6.55. The molecule has 0 bridgehead atoms. The Labute approximate surface area is 161 Å². The molecule has 2 aromatic rings. The molecule has 2 aliphatic rings. The minimum atomic E-state index is -1.16. The van der Waals surface area contributed by atoms with E-state index in [-0.39, 0.29) is 0 Å². The predicted octanol–water partition coefficient (Wildman–Crippen LogP) is 4.47. The highest BCUT2D eigenvalue weighted by Gasteiger charge is 2.54. The van der Waals surface area contributed by atoms with Gasteiger partial charge in [-0.15, -0.1) is 0 Å². The number of rotatable bonds is 2. The van der Waals surface area contributed by atoms with Gasteiger partial charge in [0, 0.05) is 10.8 Å². The SMILES string of the molecule is Cc1ccccc1N1C[C@@](O)(c2ccc(Cl)cc2Cl)[N+]2=C1SCCC2. The van der Waals surface area contributed by atoms with Gasteiger partial charge in [0.25, 0.3) is 5.72 Å². The van der Waals surface area contributed by atoms with Gasteiger partial charge < -0.3 is 5.11 Å². The molecule has 2 aliphatic heterocycles. The molecule has 0 saturated carbocycles. The van der Waals surface area contributed by atoms with Crippen LogP contribution >= 0.6 is 35.0 Å². The molecule has 4 rings (SSSR count). The smallest absolute Gasteiger partial charge is 0.316 e. The van der Waals surface area contributed by atoms with Crippen molar-refractivity contribution in [3.05, 3.63) is 63.6 Å². The first-order valence-corrected chi connectivity index (χ1v) is 10.0. The van der Waals surface area contributed by atoms with Gasteiger partial charge in [-0.1, -0.05) is 41.4 Å². The summed E-state index contributed by atoms with van der Waals surface area (Å²) in [6.45, 7) is 3.35. The van der Waals surface area contributed by atoms with Gasteiger partial charge in [0.1, 0.15) is 5.69 Å². The lowest BCUT2D eigenvalue weighted by molar-refractivity contribution is -0.656. The standard InChI is InChI=1S/C19H19Cl2N2OS/c1-13-5-2-3-6-17(13)22-12-19(24,23-9-4-10-25-18(22)23)15-8-7-14(20)11-16(15)21/h2-3,5-8,11,24H,4,9-10,12H2,1H3/q+1/t19-/m1/s1. The average molecular weight is 394 g/mol. The van der Waals surface area contributed by atoms with Crippen LogP contribution in [0.5, 0.6) is 0 Å². The molecule has 0 saturated heterocycles. The molecule has 0 unspecified atom stereocenters. The van der Waals surface area contributed by atoms with Crippen molar-refractivity contribution in [2.75, 3.05) is 23.7 Å². The average Bonchev–Trinajstić information content (AvgIpc) is 2.89. The normalized spacial score (nSPS) is 23.1. The molecule has 0 fully saturated rings. The van der Waals surface area contributed by atoms with E-state index in [1.165, 1.54) is 5.56 Å². The number of nitrogens with zero attached hydrogens (tertiary/aromatic N) is 2. The van der Waals surface area contributed by atoms with Gasteiger partial charge in [-0.2, -0.15) is 0 Å². The fraction of sp³-hybridized carbons (Fsp3) is 0.316. The zero-order chi connectivity index (χ0) is 17.6. The molecule has 130 valence electrons. The molecule has 3 nitrogen and oxygen atoms in total. The Balaban J connectivity index is 1.85. The number of aryl methyl sites for hydroxylation is 1. The number of benzene rings is 2. The summed E-state index contributed by atoms with van der Waals surface area (Å²) in [6.07, 6.45) is 1.03. The first-order chi connectivity index (χ1) is 12.0. The number of aliphatic hydroxyl groups is 1. The number of hydrogen-bond donors (Lipinski definition) is 1. The Kier molecular flexibility index (Phi) is 4.49. The fourth-order valence-electron chi connectivity index (χ4n) is 3.60. The zero-order valence-electron chi connectivity index (χ0n) is 13.9. The molecule has 1 atom stereocenters. The first kappa shape index (κ1) is 17.2. The van der Waals surface area contributed by atoms with Crippen molar-refractivity contribution in [2.45, 2.75) is 19.1 Å². The summed E-state index contributed by atoms with van der Waals surface area (Å²) in [5.74, 6) is 1.05. The van der Waals surface area contributed by atoms with Crippen LogP contribution in [0.1, 0.15) is 17.5 Å². The van der Waals surface area contributed by atoms with Gasteiger partial charge in [0.2, 0.25) is 0 Å². The fourth-order valence-corrected chi connectivity index (χ4v) is 5.33. The minimum absolute atomic E-state index is 0.446. The molecule has 0 aromatic heterocycles. The summed E-state index contributed by atoms with van der Waals surface area (Å²) >= 11 is 14.3. The van der Waals surface area contributed by atoms with E-state index in [1.54, 1.807) is 23.9 Å². The molecule has 0 radical (unpaired) electrons. The predicted molar refractivity (Wildman–Crippen MR) is 106 cm³/mol. The number of hydrogen-bond acceptors (Lipinski definition) is 3. The lowest BCUT2D eigenvalue weighted by atomic mass is 10.0. The van der Waals surface area contributed by atoms with Crippen molar-refractivity contribution in [1.82, 2.24) is 0 Å². The molecule has 6 heteroatoms. The number of para-hydroxylation sites is 1. The lowest BCUT2D eigenvalue weighted by Gasteiger charge is -2.25. The second-order valence-corrected chi connectivity index (χ2v) is 8.36. The molecule has 1 N–H and O–H groups in total. The maximum atomic E-state index is 11.7. The summed E-state index contributed by atoms with van der Waals surface area (Å²) in [5, 5.41) is 13.8. The number of thioether (sulfide) groups is 1. The Hall–Kier alpha value is -1.20. The molecule has 2 heterocycles. The lowest BCUT2D eigenvalue weighted by Crippen LogP contribution is -2.41. The molecular weight excluding hydrogens is 375 g/mol. The van der Waals surface area contributed by atoms with Crippen LogP contribution in [-0.2, 0) is 5.72 Å². The van der Waals surface area contributed by atoms with E-state index in [0.29, 0.717) is 22.2 Å². The molecule has 0 spiro atoms. The Bertz CT molecular complexity index is 870. The highest BCUT2D eigenvalue weighted by atomic mass is 35.5. The minimum Gasteiger partial charge on any atom is -0.346 e. The van der Waals surface area contributed by atoms with E-state index in [4.69, 9.17) is 23.2 Å². The van der Waals surface area contributed by atoms with Crippen LogP contribution in [0, 0.1) is 6.92 Å². The second kappa shape index (κ2) is 6.51. The third kappa shape index (κ3) is 2.85. The first-order valence-electron chi connectivity index (χ1n) is 8.29. The van der Waals surface area contributed by atoms with Gasteiger partial charge in [-0.05, 0) is 54.9 Å². The van der Waals surface area contributed by atoms with Crippen LogP contribution in [0.15, 0.2) is 42.5 Å². The van der Waals surface area contributed by atoms with Crippen molar-refractivity contribution in [3.8, 4) is 0 Å². The molecule has 0 amide bonds. The van der Waals surface area contributed by atoms with Crippen LogP contribution in [-0.4, -0.2) is 33.7 Å². The molecular formula is C19H19Cl2N2OS+. The van der Waals surface area contributed by atoms with Gasteiger partial charge in [0.15, 0.2) is 6.54 Å². The van der Waals surface area contributed by atoms with Gasteiger partial charge >= 0.3 is 5.17 Å². The monoisotopic (exact) mass is 393 g/mol. The van der Waals surface area contributed by atoms with Crippen molar-refractivity contribution in [1.29, 1.82) is 0 Å². The van der Waals surface area contributed by atoms with E-state index < -0.39 is 5.72 Å². The van der Waals surface area contributed by atoms with Gasteiger partial charge in [0.05, 0.1) is 17.1 Å². The molecule has 0 aliphatic carbocycles. The largest absolute Gasteiger partial charge is 0.346 e. The van der Waals surface area contributed by atoms with E-state index in [2.05, 4.69) is 28.5 Å². The maximum absolute atomic E-state index is 11.7. The Morgan fingerprint density at radius 3 is 2.76 bits per heavy atom. The highest BCUT2D eigenvalue weighted by molar-refractivity contribution is 8.13. The Morgan fingerprint density at radius 1 is 1.20 bits per heavy atom. The summed E-state index contributed by atoms with van der Waals surface area (Å²) in [4.78, 5) is 2.21. The van der Waals surface area contributed by atoms with E-state index in [0.717, 1.165) is 29.6 Å². The van der Waals surface area contributed by atoms with Gasteiger partial charge in [-0.3, -0.25) is 0 Å². The topological polar surface area (TPSA) is 26.5 Å². The summed E-state index contributed by atoms with van der Waals surface area (Å²) in [7, 11) is 0. The number of halogens is 2. The summed E-state index contributed by atoms with van der Waals surface area (Å²) in [6, 6.07) is 13.6. The second-order valence-electron chi connectivity index (χ2n) is 6.45. The van der Waals surface area contributed by atoms with Crippen molar-refractivity contribution < 1.29 is 9.68 Å². The van der Waals surface area contributed by atoms with E-state index >= 15 is 0 Å². The van der Waals surface area contributed by atoms with Crippen LogP contribution in [0.25, 0.3) is 0 Å².